The standard InChI is InChI=1S/C14H12BrClN4S/c1-2-8-6-9-12(19-14(17)20-13(9)21-8)18-7-3-4-10(15)11(16)5-7/h3-6H,2H2,1H3,(H3,17,18,19,20). The number of halogens is 2. The number of hydrogen-bond donors (Lipinski definition) is 2. The smallest absolute Gasteiger partial charge is 0.223 e. The van der Waals surface area contributed by atoms with E-state index in [0.29, 0.717) is 10.8 Å². The maximum Gasteiger partial charge on any atom is 0.223 e. The number of rotatable bonds is 3. The van der Waals surface area contributed by atoms with Crippen LogP contribution in [0.4, 0.5) is 17.5 Å². The molecule has 3 rings (SSSR count). The van der Waals surface area contributed by atoms with Crippen molar-refractivity contribution >= 4 is 66.5 Å². The second kappa shape index (κ2) is 5.79. The Balaban J connectivity index is 2.06. The molecule has 2 aromatic heterocycles. The van der Waals surface area contributed by atoms with Gasteiger partial charge in [0, 0.05) is 15.0 Å². The Hall–Kier alpha value is -1.37. The maximum atomic E-state index is 6.11. The van der Waals surface area contributed by atoms with E-state index in [1.54, 1.807) is 11.3 Å². The Bertz CT molecular complexity index is 818. The molecule has 108 valence electrons. The molecule has 1 aromatic carbocycles. The quantitative estimate of drug-likeness (QED) is 0.668. The van der Waals surface area contributed by atoms with Crippen LogP contribution >= 0.6 is 38.9 Å². The van der Waals surface area contributed by atoms with Crippen molar-refractivity contribution in [1.82, 2.24) is 9.97 Å². The van der Waals surface area contributed by atoms with Gasteiger partial charge in [-0.15, -0.1) is 11.3 Å². The zero-order chi connectivity index (χ0) is 15.0. The molecule has 4 nitrogen and oxygen atoms in total. The van der Waals surface area contributed by atoms with Crippen molar-refractivity contribution in [3.8, 4) is 0 Å². The van der Waals surface area contributed by atoms with Gasteiger partial charge in [-0.2, -0.15) is 4.98 Å². The van der Waals surface area contributed by atoms with Gasteiger partial charge in [-0.1, -0.05) is 18.5 Å². The maximum absolute atomic E-state index is 6.11. The van der Waals surface area contributed by atoms with E-state index in [1.807, 2.05) is 18.2 Å². The van der Waals surface area contributed by atoms with Crippen LogP contribution in [-0.4, -0.2) is 9.97 Å². The van der Waals surface area contributed by atoms with Crippen molar-refractivity contribution in [2.45, 2.75) is 13.3 Å². The van der Waals surface area contributed by atoms with E-state index in [-0.39, 0.29) is 5.95 Å². The number of fused-ring (bicyclic) bond motifs is 1. The van der Waals surface area contributed by atoms with E-state index in [9.17, 15) is 0 Å². The molecule has 0 bridgehead atoms. The first-order chi connectivity index (χ1) is 10.1. The highest BCUT2D eigenvalue weighted by atomic mass is 79.9. The van der Waals surface area contributed by atoms with Crippen molar-refractivity contribution in [2.24, 2.45) is 0 Å². The summed E-state index contributed by atoms with van der Waals surface area (Å²) in [5, 5.41) is 4.88. The number of anilines is 3. The number of nitrogens with one attached hydrogen (secondary N) is 1. The first-order valence-corrected chi connectivity index (χ1v) is 8.33. The first kappa shape index (κ1) is 14.6. The fraction of sp³-hybridized carbons (Fsp3) is 0.143. The van der Waals surface area contributed by atoms with Crippen LogP contribution in [-0.2, 0) is 6.42 Å². The highest BCUT2D eigenvalue weighted by Gasteiger charge is 2.11. The molecule has 0 amide bonds. The van der Waals surface area contributed by atoms with E-state index < -0.39 is 0 Å². The minimum atomic E-state index is 0.262. The van der Waals surface area contributed by atoms with Gasteiger partial charge in [-0.25, -0.2) is 4.98 Å². The van der Waals surface area contributed by atoms with E-state index in [4.69, 9.17) is 17.3 Å². The van der Waals surface area contributed by atoms with Gasteiger partial charge in [0.1, 0.15) is 10.6 Å². The molecule has 0 atom stereocenters. The molecular formula is C14H12BrClN4S. The summed E-state index contributed by atoms with van der Waals surface area (Å²) in [4.78, 5) is 10.7. The predicted octanol–water partition coefficient (Wildman–Crippen LogP) is 5.00. The zero-order valence-corrected chi connectivity index (χ0v) is 14.3. The topological polar surface area (TPSA) is 63.8 Å². The second-order valence-electron chi connectivity index (χ2n) is 4.47. The SMILES string of the molecule is CCc1cc2c(Nc3ccc(Br)c(Cl)c3)nc(N)nc2s1. The molecule has 0 aliphatic heterocycles. The Morgan fingerprint density at radius 2 is 2.14 bits per heavy atom. The Morgan fingerprint density at radius 3 is 2.86 bits per heavy atom. The normalized spacial score (nSPS) is 11.0. The Kier molecular flexibility index (Phi) is 4.01. The van der Waals surface area contributed by atoms with Crippen LogP contribution in [0.25, 0.3) is 10.2 Å². The highest BCUT2D eigenvalue weighted by Crippen LogP contribution is 2.33. The number of benzene rings is 1. The lowest BCUT2D eigenvalue weighted by Gasteiger charge is -2.08. The summed E-state index contributed by atoms with van der Waals surface area (Å²) in [7, 11) is 0. The number of nitrogens with zero attached hydrogens (tertiary/aromatic N) is 2. The van der Waals surface area contributed by atoms with Crippen molar-refractivity contribution in [2.75, 3.05) is 11.1 Å². The van der Waals surface area contributed by atoms with E-state index >= 15 is 0 Å². The monoisotopic (exact) mass is 382 g/mol. The first-order valence-electron chi connectivity index (χ1n) is 6.35. The molecule has 0 saturated carbocycles. The molecule has 0 aliphatic carbocycles. The molecule has 0 saturated heterocycles. The predicted molar refractivity (Wildman–Crippen MR) is 93.6 cm³/mol. The Morgan fingerprint density at radius 1 is 1.33 bits per heavy atom. The van der Waals surface area contributed by atoms with Gasteiger partial charge in [-0.3, -0.25) is 0 Å². The summed E-state index contributed by atoms with van der Waals surface area (Å²) in [5.41, 5.74) is 6.65. The van der Waals surface area contributed by atoms with Crippen LogP contribution < -0.4 is 11.1 Å². The third-order valence-electron chi connectivity index (χ3n) is 2.99. The average molecular weight is 384 g/mol. The minimum Gasteiger partial charge on any atom is -0.368 e. The summed E-state index contributed by atoms with van der Waals surface area (Å²) >= 11 is 11.1. The molecule has 0 aliphatic rings. The van der Waals surface area contributed by atoms with E-state index in [2.05, 4.69) is 44.2 Å². The summed E-state index contributed by atoms with van der Waals surface area (Å²) in [5.74, 6) is 0.963. The molecule has 0 unspecified atom stereocenters. The number of nitrogen functional groups attached to an aromatic ring is 1. The summed E-state index contributed by atoms with van der Waals surface area (Å²) in [6, 6.07) is 7.75. The molecule has 21 heavy (non-hydrogen) atoms. The lowest BCUT2D eigenvalue weighted by atomic mass is 10.3. The van der Waals surface area contributed by atoms with Crippen LogP contribution in [0.1, 0.15) is 11.8 Å². The fourth-order valence-electron chi connectivity index (χ4n) is 1.97. The largest absolute Gasteiger partial charge is 0.368 e. The van der Waals surface area contributed by atoms with Crippen molar-refractivity contribution in [3.63, 3.8) is 0 Å². The summed E-state index contributed by atoms with van der Waals surface area (Å²) in [6.07, 6.45) is 0.963. The lowest BCUT2D eigenvalue weighted by Crippen LogP contribution is -2.00. The second-order valence-corrected chi connectivity index (χ2v) is 6.85. The lowest BCUT2D eigenvalue weighted by molar-refractivity contribution is 1.19. The van der Waals surface area contributed by atoms with Gasteiger partial charge in [-0.05, 0) is 46.6 Å². The minimum absolute atomic E-state index is 0.262. The van der Waals surface area contributed by atoms with Crippen molar-refractivity contribution < 1.29 is 0 Å². The molecule has 2 heterocycles. The van der Waals surface area contributed by atoms with Crippen molar-refractivity contribution in [3.05, 3.63) is 38.6 Å². The number of aromatic nitrogens is 2. The molecule has 3 N–H and O–H groups in total. The number of hydrogen-bond acceptors (Lipinski definition) is 5. The number of aryl methyl sites for hydroxylation is 1. The van der Waals surface area contributed by atoms with Gasteiger partial charge >= 0.3 is 0 Å². The molecule has 3 aromatic rings. The van der Waals surface area contributed by atoms with Gasteiger partial charge in [0.05, 0.1) is 10.4 Å². The number of nitrogens with two attached hydrogens (primary N) is 1. The Labute approximate surface area is 139 Å². The van der Waals surface area contributed by atoms with Crippen LogP contribution in [0.2, 0.25) is 5.02 Å². The van der Waals surface area contributed by atoms with Gasteiger partial charge in [0.25, 0.3) is 0 Å². The number of thiophene rings is 1. The molecule has 0 spiro atoms. The molecular weight excluding hydrogens is 372 g/mol. The average Bonchev–Trinajstić information content (AvgIpc) is 2.86. The summed E-state index contributed by atoms with van der Waals surface area (Å²) < 4.78 is 0.853. The van der Waals surface area contributed by atoms with E-state index in [0.717, 1.165) is 26.8 Å². The highest BCUT2D eigenvalue weighted by molar-refractivity contribution is 9.10. The van der Waals surface area contributed by atoms with E-state index in [1.165, 1.54) is 4.88 Å². The third-order valence-corrected chi connectivity index (χ3v) is 5.40. The molecule has 0 radical (unpaired) electrons. The van der Waals surface area contributed by atoms with Gasteiger partial charge in [0.2, 0.25) is 5.95 Å². The molecule has 0 fully saturated rings. The van der Waals surface area contributed by atoms with Crippen LogP contribution in [0, 0.1) is 0 Å². The van der Waals surface area contributed by atoms with Crippen LogP contribution in [0.3, 0.4) is 0 Å². The fourth-order valence-corrected chi connectivity index (χ4v) is 3.37. The molecule has 7 heteroatoms. The third kappa shape index (κ3) is 2.97. The van der Waals surface area contributed by atoms with Gasteiger partial charge in [0.15, 0.2) is 0 Å². The van der Waals surface area contributed by atoms with Crippen molar-refractivity contribution in [1.29, 1.82) is 0 Å². The summed E-state index contributed by atoms with van der Waals surface area (Å²) in [6.45, 7) is 2.11. The van der Waals surface area contributed by atoms with Crippen LogP contribution in [0.15, 0.2) is 28.7 Å². The van der Waals surface area contributed by atoms with Crippen LogP contribution in [0.5, 0.6) is 0 Å². The van der Waals surface area contributed by atoms with Gasteiger partial charge < -0.3 is 11.1 Å². The zero-order valence-electron chi connectivity index (χ0n) is 11.2.